The average Bonchev–Trinajstić information content (AvgIpc) is 2.65. The summed E-state index contributed by atoms with van der Waals surface area (Å²) in [6.07, 6.45) is 1.05. The largest absolute Gasteiger partial charge is 0.351 e. The Bertz CT molecular complexity index is 855. The molecule has 2 N–H and O–H groups in total. The Morgan fingerprint density at radius 1 is 1.31 bits per heavy atom. The second-order valence-corrected chi connectivity index (χ2v) is 7.12. The van der Waals surface area contributed by atoms with Crippen molar-refractivity contribution < 1.29 is 13.6 Å². The smallest absolute Gasteiger partial charge is 0.263 e. The zero-order valence-corrected chi connectivity index (χ0v) is 14.9. The number of rotatable bonds is 6. The van der Waals surface area contributed by atoms with Crippen molar-refractivity contribution in [3.8, 4) is 0 Å². The number of amides is 1. The lowest BCUT2D eigenvalue weighted by Gasteiger charge is -2.14. The number of aromatic amines is 1. The molecule has 1 amide bonds. The average molecular weight is 379 g/mol. The molecule has 138 valence electrons. The monoisotopic (exact) mass is 379 g/mol. The van der Waals surface area contributed by atoms with Crippen LogP contribution in [-0.4, -0.2) is 28.2 Å². The van der Waals surface area contributed by atoms with Crippen molar-refractivity contribution in [2.24, 2.45) is 0 Å². The van der Waals surface area contributed by atoms with Gasteiger partial charge >= 0.3 is 0 Å². The number of H-pyrrole nitrogens is 1. The van der Waals surface area contributed by atoms with Gasteiger partial charge in [-0.2, -0.15) is 0 Å². The number of hydrogen-bond donors (Lipinski definition) is 2. The van der Waals surface area contributed by atoms with Crippen LogP contribution in [0.1, 0.15) is 46.4 Å². The second-order valence-electron chi connectivity index (χ2n) is 6.03. The van der Waals surface area contributed by atoms with Crippen LogP contribution >= 0.6 is 11.8 Å². The Balaban J connectivity index is 1.53. The van der Waals surface area contributed by atoms with Gasteiger partial charge in [-0.25, -0.2) is 13.8 Å². The Morgan fingerprint density at radius 2 is 2.12 bits per heavy atom. The Morgan fingerprint density at radius 3 is 2.92 bits per heavy atom. The number of halogens is 2. The molecule has 0 fully saturated rings. The highest BCUT2D eigenvalue weighted by atomic mass is 32.2. The lowest BCUT2D eigenvalue weighted by Crippen LogP contribution is -2.26. The van der Waals surface area contributed by atoms with Crippen LogP contribution in [0, 0.1) is 0 Å². The first-order chi connectivity index (χ1) is 12.5. The van der Waals surface area contributed by atoms with Crippen molar-refractivity contribution in [3.63, 3.8) is 0 Å². The number of nitrogens with one attached hydrogen (secondary N) is 2. The summed E-state index contributed by atoms with van der Waals surface area (Å²) in [7, 11) is 0. The van der Waals surface area contributed by atoms with E-state index < -0.39 is 12.3 Å². The minimum Gasteiger partial charge on any atom is -0.351 e. The summed E-state index contributed by atoms with van der Waals surface area (Å²) in [5, 5.41) is 3.23. The third-order valence-electron chi connectivity index (χ3n) is 4.20. The number of fused-ring (bicyclic) bond motifs is 1. The quantitative estimate of drug-likeness (QED) is 0.459. The van der Waals surface area contributed by atoms with Gasteiger partial charge < -0.3 is 10.3 Å². The first kappa shape index (κ1) is 18.6. The summed E-state index contributed by atoms with van der Waals surface area (Å²) in [6, 6.07) is 5.41. The van der Waals surface area contributed by atoms with Gasteiger partial charge in [-0.05, 0) is 37.8 Å². The van der Waals surface area contributed by atoms with E-state index in [1.807, 2.05) is 0 Å². The number of nitrogens with zero attached hydrogens (tertiary/aromatic N) is 1. The topological polar surface area (TPSA) is 74.8 Å². The van der Waals surface area contributed by atoms with Crippen LogP contribution in [0.15, 0.2) is 34.2 Å². The second kappa shape index (κ2) is 8.44. The van der Waals surface area contributed by atoms with Crippen molar-refractivity contribution in [1.29, 1.82) is 0 Å². The highest BCUT2D eigenvalue weighted by molar-refractivity contribution is 7.99. The van der Waals surface area contributed by atoms with E-state index in [0.29, 0.717) is 17.5 Å². The third-order valence-corrected chi connectivity index (χ3v) is 5.07. The van der Waals surface area contributed by atoms with Crippen LogP contribution in [0.3, 0.4) is 0 Å². The molecule has 0 bridgehead atoms. The molecule has 0 unspecified atom stereocenters. The molecule has 5 nitrogen and oxygen atoms in total. The third kappa shape index (κ3) is 4.49. The fraction of sp³-hybridized carbons (Fsp3) is 0.389. The highest BCUT2D eigenvalue weighted by Crippen LogP contribution is 2.20. The van der Waals surface area contributed by atoms with Gasteiger partial charge in [0.2, 0.25) is 0 Å². The molecular formula is C18H19F2N3O2S. The summed E-state index contributed by atoms with van der Waals surface area (Å²) < 4.78 is 25.4. The number of aromatic nitrogens is 2. The summed E-state index contributed by atoms with van der Waals surface area (Å²) in [6.45, 7) is 0.337. The Kier molecular flexibility index (Phi) is 6.03. The van der Waals surface area contributed by atoms with E-state index in [0.717, 1.165) is 36.9 Å². The van der Waals surface area contributed by atoms with Gasteiger partial charge in [-0.15, -0.1) is 0 Å². The maximum absolute atomic E-state index is 12.7. The molecule has 8 heteroatoms. The number of hydrogen-bond acceptors (Lipinski definition) is 4. The van der Waals surface area contributed by atoms with Crippen LogP contribution in [-0.2, 0) is 12.8 Å². The van der Waals surface area contributed by atoms with Crippen LogP contribution < -0.4 is 10.9 Å². The van der Waals surface area contributed by atoms with Gasteiger partial charge in [0.1, 0.15) is 0 Å². The zero-order valence-electron chi connectivity index (χ0n) is 14.1. The summed E-state index contributed by atoms with van der Waals surface area (Å²) in [4.78, 5) is 31.4. The van der Waals surface area contributed by atoms with Crippen LogP contribution in [0.2, 0.25) is 0 Å². The molecule has 1 heterocycles. The van der Waals surface area contributed by atoms with E-state index in [-0.39, 0.29) is 16.7 Å². The highest BCUT2D eigenvalue weighted by Gasteiger charge is 2.16. The van der Waals surface area contributed by atoms with Crippen molar-refractivity contribution in [1.82, 2.24) is 15.3 Å². The Labute approximate surface area is 153 Å². The van der Waals surface area contributed by atoms with Gasteiger partial charge in [0, 0.05) is 29.0 Å². The van der Waals surface area contributed by atoms with Crippen molar-refractivity contribution in [2.75, 3.05) is 12.3 Å². The fourth-order valence-electron chi connectivity index (χ4n) is 2.88. The number of alkyl halides is 2. The maximum atomic E-state index is 12.7. The summed E-state index contributed by atoms with van der Waals surface area (Å²) in [5.74, 6) is 0.113. The zero-order chi connectivity index (χ0) is 18.5. The standard InChI is InChI=1S/C18H19F2N3O2S/c19-15(20)11-4-3-5-12(10-11)16(24)21-8-9-26-18-22-14-7-2-1-6-13(14)17(25)23-18/h3-5,10,15H,1-2,6-9H2,(H,21,24)(H,22,23,25). The number of thioether (sulfide) groups is 1. The van der Waals surface area contributed by atoms with E-state index in [9.17, 15) is 18.4 Å². The van der Waals surface area contributed by atoms with E-state index in [2.05, 4.69) is 15.3 Å². The molecule has 0 atom stereocenters. The van der Waals surface area contributed by atoms with Gasteiger partial charge in [0.25, 0.3) is 17.9 Å². The number of benzene rings is 1. The molecular weight excluding hydrogens is 360 g/mol. The minimum absolute atomic E-state index is 0.0787. The SMILES string of the molecule is O=C(NCCSc1nc2c(c(=O)[nH]1)CCCC2)c1cccc(C(F)F)c1. The fourth-order valence-corrected chi connectivity index (χ4v) is 3.62. The molecule has 0 radical (unpaired) electrons. The molecule has 1 aliphatic rings. The molecule has 0 aliphatic heterocycles. The van der Waals surface area contributed by atoms with Gasteiger partial charge in [0.15, 0.2) is 5.16 Å². The van der Waals surface area contributed by atoms with Crippen molar-refractivity contribution in [3.05, 3.63) is 57.0 Å². The van der Waals surface area contributed by atoms with Crippen LogP contribution in [0.4, 0.5) is 8.78 Å². The molecule has 0 spiro atoms. The molecule has 2 aromatic rings. The van der Waals surface area contributed by atoms with Crippen molar-refractivity contribution >= 4 is 17.7 Å². The van der Waals surface area contributed by atoms with Crippen molar-refractivity contribution in [2.45, 2.75) is 37.3 Å². The molecule has 1 aromatic heterocycles. The predicted molar refractivity (Wildman–Crippen MR) is 96.0 cm³/mol. The molecule has 0 saturated heterocycles. The molecule has 0 saturated carbocycles. The number of aryl methyl sites for hydroxylation is 1. The first-order valence-electron chi connectivity index (χ1n) is 8.46. The predicted octanol–water partition coefficient (Wildman–Crippen LogP) is 3.11. The summed E-state index contributed by atoms with van der Waals surface area (Å²) >= 11 is 1.35. The molecule has 1 aliphatic carbocycles. The van der Waals surface area contributed by atoms with E-state index in [1.165, 1.54) is 36.0 Å². The van der Waals surface area contributed by atoms with Gasteiger partial charge in [-0.1, -0.05) is 23.9 Å². The Hall–Kier alpha value is -2.22. The van der Waals surface area contributed by atoms with Crippen LogP contribution in [0.25, 0.3) is 0 Å². The number of carbonyl (C=O) groups is 1. The summed E-state index contributed by atoms with van der Waals surface area (Å²) in [5.41, 5.74) is 1.60. The van der Waals surface area contributed by atoms with E-state index >= 15 is 0 Å². The van der Waals surface area contributed by atoms with Gasteiger partial charge in [0.05, 0.1) is 5.69 Å². The lowest BCUT2D eigenvalue weighted by atomic mass is 9.97. The first-order valence-corrected chi connectivity index (χ1v) is 9.44. The van der Waals surface area contributed by atoms with E-state index in [1.54, 1.807) is 0 Å². The molecule has 3 rings (SSSR count). The minimum atomic E-state index is -2.61. The lowest BCUT2D eigenvalue weighted by molar-refractivity contribution is 0.0955. The maximum Gasteiger partial charge on any atom is 0.263 e. The normalized spacial score (nSPS) is 13.5. The molecule has 1 aromatic carbocycles. The number of carbonyl (C=O) groups excluding carboxylic acids is 1. The molecule has 26 heavy (non-hydrogen) atoms. The van der Waals surface area contributed by atoms with E-state index in [4.69, 9.17) is 0 Å². The van der Waals surface area contributed by atoms with Gasteiger partial charge in [-0.3, -0.25) is 9.59 Å². The van der Waals surface area contributed by atoms with Crippen LogP contribution in [0.5, 0.6) is 0 Å².